The van der Waals surface area contributed by atoms with Crippen molar-refractivity contribution in [3.8, 4) is 0 Å². The number of carbonyl (C=O) groups is 1. The van der Waals surface area contributed by atoms with Gasteiger partial charge in [0.15, 0.2) is 11.6 Å². The van der Waals surface area contributed by atoms with Crippen LogP contribution in [-0.4, -0.2) is 43.1 Å². The smallest absolute Gasteiger partial charge is 0.239 e. The number of fused-ring (bicyclic) bond motifs is 2. The Morgan fingerprint density at radius 2 is 1.65 bits per heavy atom. The van der Waals surface area contributed by atoms with Crippen molar-refractivity contribution in [3.63, 3.8) is 0 Å². The molecule has 2 aliphatic rings. The summed E-state index contributed by atoms with van der Waals surface area (Å²) in [5.41, 5.74) is 7.13. The molecule has 2 bridgehead atoms. The fourth-order valence-electron chi connectivity index (χ4n) is 5.19. The fraction of sp³-hybridized carbons (Fsp3) is 0.458. The number of halogens is 3. The molecule has 184 valence electrons. The third-order valence-corrected chi connectivity index (χ3v) is 8.07. The molecule has 0 radical (unpaired) electrons. The average molecular weight is 496 g/mol. The highest BCUT2D eigenvalue weighted by molar-refractivity contribution is 7.90. The van der Waals surface area contributed by atoms with Crippen LogP contribution in [0.15, 0.2) is 42.5 Å². The standard InChI is InChI=1S/C24H28F3N3O3S/c25-20-12-22(27)21(26)10-16(20)11-23(28)17-8-18-6-7-19(9-17)30(18)24(31)14-34(32,33)29-13-15-4-2-1-3-5-15/h1-5,10,12,17-19,23,29H,6-9,11,13-14,28H2/t17?,18-,19+,23-/m1/s1. The van der Waals surface area contributed by atoms with E-state index in [-0.39, 0.29) is 36.5 Å². The Labute approximate surface area is 197 Å². The van der Waals surface area contributed by atoms with E-state index in [1.807, 2.05) is 18.2 Å². The first-order valence-corrected chi connectivity index (χ1v) is 13.0. The van der Waals surface area contributed by atoms with Gasteiger partial charge in [0.05, 0.1) is 0 Å². The number of carbonyl (C=O) groups excluding carboxylic acids is 1. The van der Waals surface area contributed by atoms with Gasteiger partial charge >= 0.3 is 0 Å². The van der Waals surface area contributed by atoms with Gasteiger partial charge in [0.2, 0.25) is 15.9 Å². The molecule has 0 saturated carbocycles. The number of sulfonamides is 1. The van der Waals surface area contributed by atoms with Crippen LogP contribution in [0.3, 0.4) is 0 Å². The van der Waals surface area contributed by atoms with E-state index in [0.29, 0.717) is 18.9 Å². The second-order valence-electron chi connectivity index (χ2n) is 9.21. The molecule has 4 atom stereocenters. The van der Waals surface area contributed by atoms with E-state index in [9.17, 15) is 26.4 Å². The minimum absolute atomic E-state index is 0.0211. The van der Waals surface area contributed by atoms with Crippen LogP contribution in [-0.2, 0) is 27.8 Å². The summed E-state index contributed by atoms with van der Waals surface area (Å²) < 4.78 is 68.2. The molecular formula is C24H28F3N3O3S. The van der Waals surface area contributed by atoms with Crippen molar-refractivity contribution in [3.05, 3.63) is 71.0 Å². The summed E-state index contributed by atoms with van der Waals surface area (Å²) in [6.07, 6.45) is 2.67. The number of hydrogen-bond donors (Lipinski definition) is 2. The Bertz CT molecular complexity index is 1130. The molecule has 2 saturated heterocycles. The van der Waals surface area contributed by atoms with Crippen LogP contribution < -0.4 is 10.5 Å². The topological polar surface area (TPSA) is 92.5 Å². The Balaban J connectivity index is 1.35. The molecule has 2 fully saturated rings. The Morgan fingerprint density at radius 3 is 2.29 bits per heavy atom. The molecule has 3 N–H and O–H groups in total. The van der Waals surface area contributed by atoms with Gasteiger partial charge in [-0.2, -0.15) is 0 Å². The third kappa shape index (κ3) is 5.61. The molecule has 0 aromatic heterocycles. The van der Waals surface area contributed by atoms with Gasteiger partial charge in [-0.15, -0.1) is 0 Å². The van der Waals surface area contributed by atoms with E-state index >= 15 is 0 Å². The van der Waals surface area contributed by atoms with E-state index in [1.165, 1.54) is 0 Å². The maximum atomic E-state index is 14.0. The van der Waals surface area contributed by atoms with Crippen molar-refractivity contribution in [2.45, 2.75) is 56.8 Å². The van der Waals surface area contributed by atoms with E-state index in [1.54, 1.807) is 17.0 Å². The van der Waals surface area contributed by atoms with Gasteiger partial charge < -0.3 is 10.6 Å². The minimum atomic E-state index is -3.80. The van der Waals surface area contributed by atoms with Gasteiger partial charge in [0.25, 0.3) is 0 Å². The summed E-state index contributed by atoms with van der Waals surface area (Å²) in [5.74, 6) is -4.30. The van der Waals surface area contributed by atoms with Crippen LogP contribution in [0.1, 0.15) is 36.8 Å². The summed E-state index contributed by atoms with van der Waals surface area (Å²) in [6.45, 7) is 0.112. The molecule has 34 heavy (non-hydrogen) atoms. The molecule has 2 aliphatic heterocycles. The number of amides is 1. The lowest BCUT2D eigenvalue weighted by atomic mass is 9.82. The highest BCUT2D eigenvalue weighted by atomic mass is 32.2. The van der Waals surface area contributed by atoms with E-state index in [4.69, 9.17) is 5.73 Å². The van der Waals surface area contributed by atoms with Crippen LogP contribution in [0, 0.1) is 23.4 Å². The summed E-state index contributed by atoms with van der Waals surface area (Å²) in [7, 11) is -3.80. The van der Waals surface area contributed by atoms with Crippen LogP contribution in [0.5, 0.6) is 0 Å². The molecule has 1 unspecified atom stereocenters. The monoisotopic (exact) mass is 495 g/mol. The lowest BCUT2D eigenvalue weighted by Gasteiger charge is -2.41. The van der Waals surface area contributed by atoms with Gasteiger partial charge in [-0.05, 0) is 55.2 Å². The van der Waals surface area contributed by atoms with Crippen molar-refractivity contribution in [1.29, 1.82) is 0 Å². The number of piperidine rings is 1. The maximum Gasteiger partial charge on any atom is 0.239 e. The zero-order chi connectivity index (χ0) is 24.5. The Morgan fingerprint density at radius 1 is 1.03 bits per heavy atom. The number of hydrogen-bond acceptors (Lipinski definition) is 4. The molecule has 2 aromatic carbocycles. The predicted molar refractivity (Wildman–Crippen MR) is 121 cm³/mol. The minimum Gasteiger partial charge on any atom is -0.336 e. The van der Waals surface area contributed by atoms with E-state index in [0.717, 1.165) is 24.5 Å². The lowest BCUT2D eigenvalue weighted by molar-refractivity contribution is -0.133. The number of nitrogens with two attached hydrogens (primary N) is 1. The first-order valence-electron chi connectivity index (χ1n) is 11.3. The van der Waals surface area contributed by atoms with Crippen molar-refractivity contribution < 1.29 is 26.4 Å². The van der Waals surface area contributed by atoms with Gasteiger partial charge in [0.1, 0.15) is 11.6 Å². The predicted octanol–water partition coefficient (Wildman–Crippen LogP) is 2.86. The summed E-state index contributed by atoms with van der Waals surface area (Å²) in [6, 6.07) is 9.64. The molecule has 0 aliphatic carbocycles. The van der Waals surface area contributed by atoms with Gasteiger partial charge in [-0.25, -0.2) is 26.3 Å². The second-order valence-corrected chi connectivity index (χ2v) is 11.0. The normalized spacial score (nSPS) is 23.2. The highest BCUT2D eigenvalue weighted by Gasteiger charge is 2.45. The van der Waals surface area contributed by atoms with Crippen LogP contribution in [0.25, 0.3) is 0 Å². The first kappa shape index (κ1) is 24.7. The molecule has 0 spiro atoms. The summed E-state index contributed by atoms with van der Waals surface area (Å²) >= 11 is 0. The van der Waals surface area contributed by atoms with Crippen LogP contribution >= 0.6 is 0 Å². The highest BCUT2D eigenvalue weighted by Crippen LogP contribution is 2.40. The summed E-state index contributed by atoms with van der Waals surface area (Å²) in [4.78, 5) is 14.6. The zero-order valence-corrected chi connectivity index (χ0v) is 19.4. The second kappa shape index (κ2) is 10.1. The maximum absolute atomic E-state index is 14.0. The SMILES string of the molecule is N[C@H](Cc1cc(F)c(F)cc1F)C1C[C@H]2CC[C@@H](C1)N2C(=O)CS(=O)(=O)NCc1ccccc1. The van der Waals surface area contributed by atoms with E-state index < -0.39 is 45.2 Å². The Hall–Kier alpha value is -2.43. The largest absolute Gasteiger partial charge is 0.336 e. The van der Waals surface area contributed by atoms with Crippen LogP contribution in [0.4, 0.5) is 13.2 Å². The van der Waals surface area contributed by atoms with Crippen LogP contribution in [0.2, 0.25) is 0 Å². The molecule has 1 amide bonds. The molecule has 2 heterocycles. The Kier molecular flexibility index (Phi) is 7.30. The first-order chi connectivity index (χ1) is 16.1. The molecule has 2 aromatic rings. The molecular weight excluding hydrogens is 467 g/mol. The lowest BCUT2D eigenvalue weighted by Crippen LogP contribution is -2.52. The quantitative estimate of drug-likeness (QED) is 0.551. The number of benzene rings is 2. The number of rotatable bonds is 8. The summed E-state index contributed by atoms with van der Waals surface area (Å²) in [5, 5.41) is 0. The van der Waals surface area contributed by atoms with Gasteiger partial charge in [-0.3, -0.25) is 4.79 Å². The van der Waals surface area contributed by atoms with Crippen molar-refractivity contribution in [1.82, 2.24) is 9.62 Å². The molecule has 4 rings (SSSR count). The molecule has 6 nitrogen and oxygen atoms in total. The number of nitrogens with zero attached hydrogens (tertiary/aromatic N) is 1. The fourth-order valence-corrected chi connectivity index (χ4v) is 6.16. The van der Waals surface area contributed by atoms with Crippen molar-refractivity contribution >= 4 is 15.9 Å². The average Bonchev–Trinajstić information content (AvgIpc) is 3.06. The number of nitrogens with one attached hydrogen (secondary N) is 1. The van der Waals surface area contributed by atoms with Gasteiger partial charge in [-0.1, -0.05) is 30.3 Å². The zero-order valence-electron chi connectivity index (χ0n) is 18.6. The van der Waals surface area contributed by atoms with E-state index in [2.05, 4.69) is 4.72 Å². The third-order valence-electron chi connectivity index (χ3n) is 6.86. The van der Waals surface area contributed by atoms with Gasteiger partial charge in [0, 0.05) is 30.7 Å². The van der Waals surface area contributed by atoms with Crippen molar-refractivity contribution in [2.75, 3.05) is 5.75 Å². The molecule has 10 heteroatoms. The van der Waals surface area contributed by atoms with Crippen molar-refractivity contribution in [2.24, 2.45) is 11.7 Å².